The molecule has 0 spiro atoms. The van der Waals surface area contributed by atoms with Gasteiger partial charge in [-0.1, -0.05) is 6.07 Å². The Morgan fingerprint density at radius 1 is 1.15 bits per heavy atom. The van der Waals surface area contributed by atoms with Gasteiger partial charge in [-0.2, -0.15) is 13.2 Å². The zero-order valence-electron chi connectivity index (χ0n) is 14.2. The lowest BCUT2D eigenvalue weighted by atomic mass is 10.1. The molecular weight excluding hydrogens is 367 g/mol. The van der Waals surface area contributed by atoms with Gasteiger partial charge in [-0.15, -0.1) is 10.2 Å². The van der Waals surface area contributed by atoms with Crippen molar-refractivity contribution >= 4 is 5.97 Å². The molecule has 10 heteroatoms. The number of carbonyl (C=O) groups is 1. The third kappa shape index (κ3) is 5.27. The molecule has 0 aliphatic carbocycles. The second kappa shape index (κ2) is 8.30. The lowest BCUT2D eigenvalue weighted by Gasteiger charge is -2.04. The summed E-state index contributed by atoms with van der Waals surface area (Å²) in [5.41, 5.74) is 2.68. The third-order valence-corrected chi connectivity index (χ3v) is 3.23. The second-order valence-corrected chi connectivity index (χ2v) is 5.14. The van der Waals surface area contributed by atoms with Gasteiger partial charge in [-0.05, 0) is 36.8 Å². The molecule has 0 radical (unpaired) electrons. The van der Waals surface area contributed by atoms with E-state index in [2.05, 4.69) is 15.2 Å². The van der Waals surface area contributed by atoms with Gasteiger partial charge in [0.15, 0.2) is 0 Å². The van der Waals surface area contributed by atoms with Crippen LogP contribution >= 0.6 is 0 Å². The zero-order chi connectivity index (χ0) is 20.0. The van der Waals surface area contributed by atoms with E-state index in [4.69, 9.17) is 19.1 Å². The maximum Gasteiger partial charge on any atom is 0.490 e. The Bertz CT molecular complexity index is 911. The number of nitrogens with zero attached hydrogens (tertiary/aromatic N) is 3. The number of rotatable bonds is 3. The first kappa shape index (κ1) is 19.9. The predicted molar refractivity (Wildman–Crippen MR) is 87.9 cm³/mol. The fourth-order valence-electron chi connectivity index (χ4n) is 1.90. The molecule has 2 aromatic heterocycles. The quantitative estimate of drug-likeness (QED) is 0.738. The highest BCUT2D eigenvalue weighted by Gasteiger charge is 2.38. The number of hydrogen-bond acceptors (Lipinski definition) is 6. The Balaban J connectivity index is 0.000000321. The summed E-state index contributed by atoms with van der Waals surface area (Å²) in [6.45, 7) is 1.98. The van der Waals surface area contributed by atoms with E-state index < -0.39 is 12.1 Å². The number of benzene rings is 1. The van der Waals surface area contributed by atoms with E-state index in [1.165, 1.54) is 0 Å². The van der Waals surface area contributed by atoms with Gasteiger partial charge in [-0.3, -0.25) is 4.98 Å². The monoisotopic (exact) mass is 381 g/mol. The zero-order valence-corrected chi connectivity index (χ0v) is 14.2. The Hall–Kier alpha value is -3.43. The third-order valence-electron chi connectivity index (χ3n) is 3.23. The van der Waals surface area contributed by atoms with Crippen LogP contribution in [0.1, 0.15) is 5.56 Å². The molecule has 142 valence electrons. The molecule has 0 amide bonds. The van der Waals surface area contributed by atoms with Crippen molar-refractivity contribution in [2.75, 3.05) is 7.11 Å². The van der Waals surface area contributed by atoms with E-state index in [1.807, 2.05) is 37.3 Å². The van der Waals surface area contributed by atoms with Crippen molar-refractivity contribution in [3.8, 4) is 28.7 Å². The minimum absolute atomic E-state index is 0.452. The maximum atomic E-state index is 10.6. The fraction of sp³-hybridized carbons (Fsp3) is 0.176. The van der Waals surface area contributed by atoms with E-state index in [0.717, 1.165) is 22.4 Å². The minimum Gasteiger partial charge on any atom is -0.496 e. The van der Waals surface area contributed by atoms with Crippen LogP contribution in [0.4, 0.5) is 13.2 Å². The number of carboxylic acids is 1. The minimum atomic E-state index is -5.08. The molecule has 0 saturated heterocycles. The molecule has 7 nitrogen and oxygen atoms in total. The van der Waals surface area contributed by atoms with Crippen LogP contribution in [-0.4, -0.2) is 39.5 Å². The van der Waals surface area contributed by atoms with Crippen molar-refractivity contribution in [3.63, 3.8) is 0 Å². The largest absolute Gasteiger partial charge is 0.496 e. The molecule has 0 aliphatic heterocycles. The maximum absolute atomic E-state index is 10.6. The number of ether oxygens (including phenoxy) is 1. The first-order valence-electron chi connectivity index (χ1n) is 7.41. The first-order valence-corrected chi connectivity index (χ1v) is 7.41. The van der Waals surface area contributed by atoms with Gasteiger partial charge in [0.2, 0.25) is 11.8 Å². The number of methoxy groups -OCH3 is 1. The molecule has 0 atom stereocenters. The molecule has 3 aromatic rings. The number of aromatic nitrogens is 3. The van der Waals surface area contributed by atoms with E-state index in [0.29, 0.717) is 11.8 Å². The predicted octanol–water partition coefficient (Wildman–Crippen LogP) is 3.75. The van der Waals surface area contributed by atoms with Crippen molar-refractivity contribution < 1.29 is 32.2 Å². The van der Waals surface area contributed by atoms with Gasteiger partial charge in [0.05, 0.1) is 12.7 Å². The van der Waals surface area contributed by atoms with Gasteiger partial charge in [0.1, 0.15) is 5.75 Å². The number of hydrogen-bond donors (Lipinski definition) is 1. The summed E-state index contributed by atoms with van der Waals surface area (Å²) in [7, 11) is 1.64. The number of carboxylic acid groups (broad SMARTS) is 1. The average molecular weight is 381 g/mol. The molecule has 3 rings (SSSR count). The number of pyridine rings is 1. The summed E-state index contributed by atoms with van der Waals surface area (Å²) in [5, 5.41) is 15.2. The number of aliphatic carboxylic acids is 1. The molecule has 1 aromatic carbocycles. The Labute approximate surface area is 151 Å². The Kier molecular flexibility index (Phi) is 6.11. The number of halogens is 3. The van der Waals surface area contributed by atoms with Gasteiger partial charge in [0, 0.05) is 18.0 Å². The summed E-state index contributed by atoms with van der Waals surface area (Å²) in [6.07, 6.45) is -1.70. The summed E-state index contributed by atoms with van der Waals surface area (Å²) in [6, 6.07) is 9.48. The van der Waals surface area contributed by atoms with E-state index in [-0.39, 0.29) is 0 Å². The normalized spacial score (nSPS) is 10.7. The highest BCUT2D eigenvalue weighted by atomic mass is 19.4. The molecule has 0 bridgehead atoms. The van der Waals surface area contributed by atoms with E-state index in [9.17, 15) is 13.2 Å². The molecule has 27 heavy (non-hydrogen) atoms. The van der Waals surface area contributed by atoms with Crippen molar-refractivity contribution in [3.05, 3.63) is 48.3 Å². The summed E-state index contributed by atoms with van der Waals surface area (Å²) >= 11 is 0. The van der Waals surface area contributed by atoms with Crippen LogP contribution in [0.2, 0.25) is 0 Å². The van der Waals surface area contributed by atoms with Gasteiger partial charge >= 0.3 is 12.1 Å². The second-order valence-electron chi connectivity index (χ2n) is 5.14. The molecule has 0 saturated carbocycles. The van der Waals surface area contributed by atoms with Crippen LogP contribution in [0.3, 0.4) is 0 Å². The van der Waals surface area contributed by atoms with E-state index >= 15 is 0 Å². The molecule has 0 unspecified atom stereocenters. The molecule has 1 N–H and O–H groups in total. The van der Waals surface area contributed by atoms with Gasteiger partial charge in [-0.25, -0.2) is 4.79 Å². The molecule has 2 heterocycles. The van der Waals surface area contributed by atoms with Crippen LogP contribution in [0.15, 0.2) is 47.1 Å². The van der Waals surface area contributed by atoms with Crippen molar-refractivity contribution in [1.82, 2.24) is 15.2 Å². The Morgan fingerprint density at radius 2 is 1.78 bits per heavy atom. The lowest BCUT2D eigenvalue weighted by molar-refractivity contribution is -0.192. The van der Waals surface area contributed by atoms with Crippen LogP contribution in [0.5, 0.6) is 5.75 Å². The summed E-state index contributed by atoms with van der Waals surface area (Å²) in [4.78, 5) is 12.9. The summed E-state index contributed by atoms with van der Waals surface area (Å²) in [5.74, 6) is -1.05. The highest BCUT2D eigenvalue weighted by molar-refractivity contribution is 5.73. The summed E-state index contributed by atoms with van der Waals surface area (Å²) < 4.78 is 42.7. The molecular formula is C17H14F3N3O4. The lowest BCUT2D eigenvalue weighted by Crippen LogP contribution is -2.21. The van der Waals surface area contributed by atoms with Crippen molar-refractivity contribution in [2.24, 2.45) is 0 Å². The molecule has 0 fully saturated rings. The van der Waals surface area contributed by atoms with Crippen LogP contribution in [0, 0.1) is 6.92 Å². The first-order chi connectivity index (χ1) is 12.7. The number of aryl methyl sites for hydroxylation is 1. The topological polar surface area (TPSA) is 98.3 Å². The van der Waals surface area contributed by atoms with Crippen LogP contribution < -0.4 is 4.74 Å². The fourth-order valence-corrected chi connectivity index (χ4v) is 1.90. The van der Waals surface area contributed by atoms with Gasteiger partial charge in [0.25, 0.3) is 0 Å². The standard InChI is InChI=1S/C15H13N3O2.C2HF3O2/c1-10-5-6-11(8-13(10)19-2)14-17-18-15(20-14)12-4-3-7-16-9-12;3-2(4,5)1(6)7/h3-9H,1-2H3;(H,6,7). The van der Waals surface area contributed by atoms with Crippen molar-refractivity contribution in [2.45, 2.75) is 13.1 Å². The number of alkyl halides is 3. The smallest absolute Gasteiger partial charge is 0.490 e. The average Bonchev–Trinajstić information content (AvgIpc) is 3.13. The van der Waals surface area contributed by atoms with Crippen molar-refractivity contribution in [1.29, 1.82) is 0 Å². The van der Waals surface area contributed by atoms with Crippen LogP contribution in [0.25, 0.3) is 22.9 Å². The van der Waals surface area contributed by atoms with Crippen LogP contribution in [-0.2, 0) is 4.79 Å². The highest BCUT2D eigenvalue weighted by Crippen LogP contribution is 2.28. The Morgan fingerprint density at radius 3 is 2.30 bits per heavy atom. The molecule has 0 aliphatic rings. The van der Waals surface area contributed by atoms with E-state index in [1.54, 1.807) is 19.5 Å². The SMILES string of the molecule is COc1cc(-c2nnc(-c3cccnc3)o2)ccc1C.O=C(O)C(F)(F)F. The van der Waals surface area contributed by atoms with Gasteiger partial charge < -0.3 is 14.3 Å².